The van der Waals surface area contributed by atoms with Crippen LogP contribution < -0.4 is 5.73 Å². The molecule has 0 radical (unpaired) electrons. The highest BCUT2D eigenvalue weighted by Crippen LogP contribution is 2.67. The molecule has 0 aromatic carbocycles. The van der Waals surface area contributed by atoms with Gasteiger partial charge < -0.3 is 5.73 Å². The largest absolute Gasteiger partial charge is 0.328 e. The molecule has 6 fully saturated rings. The van der Waals surface area contributed by atoms with Gasteiger partial charge in [0.2, 0.25) is 0 Å². The van der Waals surface area contributed by atoms with Crippen LogP contribution in [0.15, 0.2) is 0 Å². The van der Waals surface area contributed by atoms with Crippen molar-refractivity contribution in [2.24, 2.45) is 64.9 Å². The van der Waals surface area contributed by atoms with Crippen molar-refractivity contribution in [2.75, 3.05) is 0 Å². The van der Waals surface area contributed by atoms with Crippen LogP contribution in [-0.2, 0) is 0 Å². The fourth-order valence-electron chi connectivity index (χ4n) is 10.5. The quantitative estimate of drug-likeness (QED) is 0.568. The van der Waals surface area contributed by atoms with Crippen molar-refractivity contribution in [1.29, 1.82) is 0 Å². The van der Waals surface area contributed by atoms with Gasteiger partial charge in [0, 0.05) is 6.04 Å². The monoisotopic (exact) mass is 369 g/mol. The third-order valence-corrected chi connectivity index (χ3v) is 11.2. The van der Waals surface area contributed by atoms with E-state index in [1.807, 2.05) is 0 Å². The second kappa shape index (κ2) is 7.03. The van der Waals surface area contributed by atoms with Gasteiger partial charge in [-0.1, -0.05) is 32.1 Å². The van der Waals surface area contributed by atoms with E-state index < -0.39 is 0 Å². The third kappa shape index (κ3) is 2.80. The first-order valence-corrected chi connectivity index (χ1v) is 13.1. The molecule has 0 aromatic heterocycles. The van der Waals surface area contributed by atoms with Gasteiger partial charge in [-0.25, -0.2) is 0 Å². The summed E-state index contributed by atoms with van der Waals surface area (Å²) in [6.07, 6.45) is 23.1. The standard InChI is InChI=1S/C26H43N/c27-18-13-11-16(12-14-18)24-15-17-5-3-8-21-19-6-1-2-7-20(19)22-9-4-10-23(24)26(22)25(17)21/h16-26H,1-15,27H2. The van der Waals surface area contributed by atoms with Crippen LogP contribution >= 0.6 is 0 Å². The highest BCUT2D eigenvalue weighted by atomic mass is 14.7. The van der Waals surface area contributed by atoms with E-state index in [1.165, 1.54) is 25.7 Å². The fraction of sp³-hybridized carbons (Fsp3) is 1.00. The van der Waals surface area contributed by atoms with Crippen molar-refractivity contribution >= 4 is 0 Å². The minimum Gasteiger partial charge on any atom is -0.328 e. The van der Waals surface area contributed by atoms with Crippen molar-refractivity contribution in [1.82, 2.24) is 0 Å². The maximum Gasteiger partial charge on any atom is 0.00390 e. The molecule has 0 amide bonds. The Morgan fingerprint density at radius 2 is 0.963 bits per heavy atom. The molecule has 0 aromatic rings. The van der Waals surface area contributed by atoms with Crippen molar-refractivity contribution in [3.05, 3.63) is 0 Å². The Bertz CT molecular complexity index is 534. The first kappa shape index (κ1) is 17.8. The van der Waals surface area contributed by atoms with E-state index in [2.05, 4.69) is 0 Å². The Morgan fingerprint density at radius 1 is 0.407 bits per heavy atom. The minimum absolute atomic E-state index is 0.522. The number of hydrogen-bond donors (Lipinski definition) is 1. The summed E-state index contributed by atoms with van der Waals surface area (Å²) in [5.74, 6) is 11.3. The summed E-state index contributed by atoms with van der Waals surface area (Å²) in [5.41, 5.74) is 6.29. The van der Waals surface area contributed by atoms with Gasteiger partial charge in [0.1, 0.15) is 0 Å². The van der Waals surface area contributed by atoms with E-state index in [0.29, 0.717) is 6.04 Å². The van der Waals surface area contributed by atoms with Crippen LogP contribution in [0.25, 0.3) is 0 Å². The summed E-state index contributed by atoms with van der Waals surface area (Å²) in [7, 11) is 0. The molecule has 9 unspecified atom stereocenters. The molecule has 0 bridgehead atoms. The fourth-order valence-corrected chi connectivity index (χ4v) is 10.5. The molecule has 0 heterocycles. The van der Waals surface area contributed by atoms with Crippen LogP contribution in [0.3, 0.4) is 0 Å². The average Bonchev–Trinajstić information content (AvgIpc) is 2.73. The molecule has 2 N–H and O–H groups in total. The van der Waals surface area contributed by atoms with Gasteiger partial charge in [-0.3, -0.25) is 0 Å². The molecule has 27 heavy (non-hydrogen) atoms. The van der Waals surface area contributed by atoms with Crippen LogP contribution in [0, 0.1) is 59.2 Å². The molecule has 0 aliphatic heterocycles. The van der Waals surface area contributed by atoms with Crippen LogP contribution in [0.5, 0.6) is 0 Å². The summed E-state index contributed by atoms with van der Waals surface area (Å²) in [6, 6.07) is 0.522. The molecular formula is C26H43N. The predicted octanol–water partition coefficient (Wildman–Crippen LogP) is 6.41. The Kier molecular flexibility index (Phi) is 4.63. The smallest absolute Gasteiger partial charge is 0.00390 e. The normalized spacial score (nSPS) is 57.4. The van der Waals surface area contributed by atoms with Gasteiger partial charge in [-0.2, -0.15) is 0 Å². The number of hydrogen-bond acceptors (Lipinski definition) is 1. The summed E-state index contributed by atoms with van der Waals surface area (Å²) in [5, 5.41) is 0. The average molecular weight is 370 g/mol. The lowest BCUT2D eigenvalue weighted by Gasteiger charge is -2.65. The minimum atomic E-state index is 0.522. The highest BCUT2D eigenvalue weighted by molar-refractivity contribution is 5.08. The van der Waals surface area contributed by atoms with E-state index in [0.717, 1.165) is 59.2 Å². The van der Waals surface area contributed by atoms with E-state index >= 15 is 0 Å². The van der Waals surface area contributed by atoms with Crippen LogP contribution in [0.1, 0.15) is 96.3 Å². The summed E-state index contributed by atoms with van der Waals surface area (Å²) in [4.78, 5) is 0. The molecule has 6 saturated carbocycles. The first-order chi connectivity index (χ1) is 13.3. The van der Waals surface area contributed by atoms with Gasteiger partial charge in [-0.05, 0) is 123 Å². The highest BCUT2D eigenvalue weighted by Gasteiger charge is 2.60. The van der Waals surface area contributed by atoms with Crippen LogP contribution in [-0.4, -0.2) is 6.04 Å². The van der Waals surface area contributed by atoms with Gasteiger partial charge in [-0.15, -0.1) is 0 Å². The Hall–Kier alpha value is -0.0400. The summed E-state index contributed by atoms with van der Waals surface area (Å²) < 4.78 is 0. The Balaban J connectivity index is 1.33. The van der Waals surface area contributed by atoms with E-state index in [9.17, 15) is 0 Å². The molecule has 1 heteroatoms. The van der Waals surface area contributed by atoms with Gasteiger partial charge >= 0.3 is 0 Å². The zero-order chi connectivity index (χ0) is 18.0. The first-order valence-electron chi connectivity index (χ1n) is 13.1. The molecule has 6 aliphatic carbocycles. The third-order valence-electron chi connectivity index (χ3n) is 11.2. The van der Waals surface area contributed by atoms with Crippen molar-refractivity contribution < 1.29 is 0 Å². The second-order valence-electron chi connectivity index (χ2n) is 12.0. The van der Waals surface area contributed by atoms with Crippen molar-refractivity contribution in [3.63, 3.8) is 0 Å². The molecule has 152 valence electrons. The SMILES string of the molecule is NC1CCC(C2CC3CCCC4C5CCCCC5C5CCCC2C5C34)CC1. The lowest BCUT2D eigenvalue weighted by Crippen LogP contribution is -2.59. The van der Waals surface area contributed by atoms with E-state index in [-0.39, 0.29) is 0 Å². The maximum atomic E-state index is 6.29. The van der Waals surface area contributed by atoms with E-state index in [4.69, 9.17) is 5.73 Å². The van der Waals surface area contributed by atoms with Crippen molar-refractivity contribution in [3.8, 4) is 0 Å². The van der Waals surface area contributed by atoms with E-state index in [1.54, 1.807) is 70.6 Å². The van der Waals surface area contributed by atoms with Gasteiger partial charge in [0.25, 0.3) is 0 Å². The molecule has 6 rings (SSSR count). The topological polar surface area (TPSA) is 26.0 Å². The van der Waals surface area contributed by atoms with Crippen molar-refractivity contribution in [2.45, 2.75) is 102 Å². The number of nitrogens with two attached hydrogens (primary N) is 1. The Morgan fingerprint density at radius 3 is 1.67 bits per heavy atom. The zero-order valence-electron chi connectivity index (χ0n) is 17.5. The maximum absolute atomic E-state index is 6.29. The molecule has 1 nitrogen and oxygen atoms in total. The lowest BCUT2D eigenvalue weighted by molar-refractivity contribution is -0.168. The summed E-state index contributed by atoms with van der Waals surface area (Å²) in [6.45, 7) is 0. The molecule has 0 spiro atoms. The number of fused-ring (bicyclic) bond motifs is 3. The van der Waals surface area contributed by atoms with Gasteiger partial charge in [0.05, 0.1) is 0 Å². The summed E-state index contributed by atoms with van der Waals surface area (Å²) >= 11 is 0. The Labute approximate surface area is 167 Å². The second-order valence-corrected chi connectivity index (χ2v) is 12.0. The van der Waals surface area contributed by atoms with Gasteiger partial charge in [0.15, 0.2) is 0 Å². The molecule has 9 atom stereocenters. The lowest BCUT2D eigenvalue weighted by atomic mass is 9.40. The number of rotatable bonds is 1. The molecular weight excluding hydrogens is 326 g/mol. The van der Waals surface area contributed by atoms with Crippen LogP contribution in [0.2, 0.25) is 0 Å². The molecule has 6 aliphatic rings. The molecule has 0 saturated heterocycles. The zero-order valence-corrected chi connectivity index (χ0v) is 17.5. The predicted molar refractivity (Wildman–Crippen MR) is 112 cm³/mol. The van der Waals surface area contributed by atoms with Crippen LogP contribution in [0.4, 0.5) is 0 Å².